The van der Waals surface area contributed by atoms with Crippen LogP contribution < -0.4 is 10.6 Å². The number of nitrogens with zero attached hydrogens (tertiary/aromatic N) is 2. The maximum Gasteiger partial charge on any atom is 0.225 e. The van der Waals surface area contributed by atoms with Crippen molar-refractivity contribution in [1.29, 1.82) is 0 Å². The van der Waals surface area contributed by atoms with Crippen molar-refractivity contribution in [2.24, 2.45) is 0 Å². The first-order valence-electron chi connectivity index (χ1n) is 5.09. The molecule has 1 rings (SSSR count). The normalized spacial score (nSPS) is 9.62. The summed E-state index contributed by atoms with van der Waals surface area (Å²) in [5, 5.41) is 12.6. The second-order valence-corrected chi connectivity index (χ2v) is 3.11. The lowest BCUT2D eigenvalue weighted by molar-refractivity contribution is -0.116. The first-order chi connectivity index (χ1) is 7.65. The summed E-state index contributed by atoms with van der Waals surface area (Å²) in [5.74, 6) is 0.502. The van der Waals surface area contributed by atoms with Crippen LogP contribution in [-0.4, -0.2) is 22.0 Å². The molecule has 0 atom stereocenters. The SMILES string of the molecule is CCC(=O)Nc1ccc(NC(=O)CC)nn1. The van der Waals surface area contributed by atoms with Gasteiger partial charge in [-0.15, -0.1) is 10.2 Å². The summed E-state index contributed by atoms with van der Waals surface area (Å²) in [4.78, 5) is 22.1. The molecule has 6 heteroatoms. The minimum absolute atomic E-state index is 0.125. The number of anilines is 2. The highest BCUT2D eigenvalue weighted by Gasteiger charge is 2.03. The van der Waals surface area contributed by atoms with Crippen LogP contribution in [0, 0.1) is 0 Å². The molecule has 0 aliphatic heterocycles. The Kier molecular flexibility index (Phi) is 4.38. The van der Waals surface area contributed by atoms with E-state index in [9.17, 15) is 9.59 Å². The summed E-state index contributed by atoms with van der Waals surface area (Å²) in [6.07, 6.45) is 0.770. The fourth-order valence-electron chi connectivity index (χ4n) is 0.928. The summed E-state index contributed by atoms with van der Waals surface area (Å²) in [5.41, 5.74) is 0. The molecule has 0 bridgehead atoms. The number of nitrogens with one attached hydrogen (secondary N) is 2. The van der Waals surface area contributed by atoms with Crippen molar-refractivity contribution >= 4 is 23.5 Å². The van der Waals surface area contributed by atoms with Gasteiger partial charge in [-0.2, -0.15) is 0 Å². The summed E-state index contributed by atoms with van der Waals surface area (Å²) in [6, 6.07) is 3.18. The van der Waals surface area contributed by atoms with Gasteiger partial charge in [0.05, 0.1) is 0 Å². The topological polar surface area (TPSA) is 84.0 Å². The molecule has 0 fully saturated rings. The van der Waals surface area contributed by atoms with Crippen LogP contribution in [0.5, 0.6) is 0 Å². The van der Waals surface area contributed by atoms with Crippen molar-refractivity contribution in [2.75, 3.05) is 10.6 Å². The van der Waals surface area contributed by atoms with E-state index in [0.717, 1.165) is 0 Å². The third kappa shape index (κ3) is 3.64. The lowest BCUT2D eigenvalue weighted by atomic mass is 10.4. The Bertz CT molecular complexity index is 338. The highest BCUT2D eigenvalue weighted by atomic mass is 16.2. The zero-order valence-corrected chi connectivity index (χ0v) is 9.28. The molecule has 0 saturated heterocycles. The van der Waals surface area contributed by atoms with E-state index >= 15 is 0 Å². The fourth-order valence-corrected chi connectivity index (χ4v) is 0.928. The lowest BCUT2D eigenvalue weighted by Gasteiger charge is -2.03. The van der Waals surface area contributed by atoms with Crippen LogP contribution in [0.2, 0.25) is 0 Å². The number of aromatic nitrogens is 2. The van der Waals surface area contributed by atoms with Crippen molar-refractivity contribution in [3.63, 3.8) is 0 Å². The van der Waals surface area contributed by atoms with Crippen molar-refractivity contribution in [1.82, 2.24) is 10.2 Å². The second kappa shape index (κ2) is 5.79. The largest absolute Gasteiger partial charge is 0.309 e. The van der Waals surface area contributed by atoms with Crippen LogP contribution in [0.1, 0.15) is 26.7 Å². The predicted octanol–water partition coefficient (Wildman–Crippen LogP) is 1.17. The van der Waals surface area contributed by atoms with Gasteiger partial charge in [-0.1, -0.05) is 13.8 Å². The number of rotatable bonds is 4. The van der Waals surface area contributed by atoms with Crippen LogP contribution >= 0.6 is 0 Å². The van der Waals surface area contributed by atoms with Gasteiger partial charge in [-0.3, -0.25) is 9.59 Å². The molecule has 0 radical (unpaired) electrons. The van der Waals surface area contributed by atoms with Crippen LogP contribution in [0.3, 0.4) is 0 Å². The molecule has 1 heterocycles. The van der Waals surface area contributed by atoms with E-state index in [4.69, 9.17) is 0 Å². The van der Waals surface area contributed by atoms with Gasteiger partial charge in [-0.25, -0.2) is 0 Å². The Balaban J connectivity index is 2.60. The van der Waals surface area contributed by atoms with Crippen LogP contribution in [0.15, 0.2) is 12.1 Å². The van der Waals surface area contributed by atoms with Crippen molar-refractivity contribution < 1.29 is 9.59 Å². The van der Waals surface area contributed by atoms with E-state index in [1.807, 2.05) is 0 Å². The van der Waals surface area contributed by atoms with Gasteiger partial charge in [0.2, 0.25) is 11.8 Å². The number of hydrogen-bond acceptors (Lipinski definition) is 4. The predicted molar refractivity (Wildman–Crippen MR) is 59.9 cm³/mol. The lowest BCUT2D eigenvalue weighted by Crippen LogP contribution is -2.14. The highest BCUT2D eigenvalue weighted by Crippen LogP contribution is 2.06. The molecule has 1 aromatic heterocycles. The highest BCUT2D eigenvalue weighted by molar-refractivity contribution is 5.90. The van der Waals surface area contributed by atoms with E-state index in [-0.39, 0.29) is 11.8 Å². The molecule has 0 saturated carbocycles. The van der Waals surface area contributed by atoms with E-state index < -0.39 is 0 Å². The third-order valence-electron chi connectivity index (χ3n) is 1.84. The molecule has 86 valence electrons. The smallest absolute Gasteiger partial charge is 0.225 e. The minimum Gasteiger partial charge on any atom is -0.309 e. The first kappa shape index (κ1) is 12.1. The summed E-state index contributed by atoms with van der Waals surface area (Å²) in [7, 11) is 0. The minimum atomic E-state index is -0.125. The summed E-state index contributed by atoms with van der Waals surface area (Å²) >= 11 is 0. The average Bonchev–Trinajstić information content (AvgIpc) is 2.31. The molecule has 0 spiro atoms. The first-order valence-corrected chi connectivity index (χ1v) is 5.09. The molecule has 0 aromatic carbocycles. The van der Waals surface area contributed by atoms with Gasteiger partial charge in [0, 0.05) is 12.8 Å². The van der Waals surface area contributed by atoms with E-state index in [1.54, 1.807) is 26.0 Å². The maximum atomic E-state index is 11.0. The van der Waals surface area contributed by atoms with Gasteiger partial charge >= 0.3 is 0 Å². The zero-order valence-electron chi connectivity index (χ0n) is 9.28. The average molecular weight is 222 g/mol. The van der Waals surface area contributed by atoms with Gasteiger partial charge in [0.1, 0.15) is 0 Å². The van der Waals surface area contributed by atoms with Crippen molar-refractivity contribution in [3.8, 4) is 0 Å². The number of carbonyl (C=O) groups is 2. The quantitative estimate of drug-likeness (QED) is 0.801. The standard InChI is InChI=1S/C10H14N4O2/c1-3-9(15)11-7-5-6-8(14-13-7)12-10(16)4-2/h5-6H,3-4H2,1-2H3,(H,11,13,15)(H,12,14,16). The van der Waals surface area contributed by atoms with E-state index in [0.29, 0.717) is 24.5 Å². The fraction of sp³-hybridized carbons (Fsp3) is 0.400. The number of hydrogen-bond donors (Lipinski definition) is 2. The third-order valence-corrected chi connectivity index (χ3v) is 1.84. The Morgan fingerprint density at radius 3 is 1.62 bits per heavy atom. The molecule has 16 heavy (non-hydrogen) atoms. The Morgan fingerprint density at radius 2 is 1.38 bits per heavy atom. The Morgan fingerprint density at radius 1 is 1.00 bits per heavy atom. The summed E-state index contributed by atoms with van der Waals surface area (Å²) in [6.45, 7) is 3.50. The van der Waals surface area contributed by atoms with E-state index in [2.05, 4.69) is 20.8 Å². The second-order valence-electron chi connectivity index (χ2n) is 3.11. The van der Waals surface area contributed by atoms with Gasteiger partial charge < -0.3 is 10.6 Å². The molecule has 0 unspecified atom stereocenters. The monoisotopic (exact) mass is 222 g/mol. The molecule has 0 aliphatic carbocycles. The molecule has 6 nitrogen and oxygen atoms in total. The van der Waals surface area contributed by atoms with Gasteiger partial charge in [-0.05, 0) is 12.1 Å². The van der Waals surface area contributed by atoms with Gasteiger partial charge in [0.15, 0.2) is 11.6 Å². The summed E-state index contributed by atoms with van der Waals surface area (Å²) < 4.78 is 0. The molecule has 2 N–H and O–H groups in total. The van der Waals surface area contributed by atoms with Crippen LogP contribution in [0.4, 0.5) is 11.6 Å². The van der Waals surface area contributed by atoms with E-state index in [1.165, 1.54) is 0 Å². The molecule has 1 aromatic rings. The Hall–Kier alpha value is -1.98. The number of amides is 2. The van der Waals surface area contributed by atoms with Gasteiger partial charge in [0.25, 0.3) is 0 Å². The molecule has 2 amide bonds. The zero-order chi connectivity index (χ0) is 12.0. The Labute approximate surface area is 93.5 Å². The van der Waals surface area contributed by atoms with Crippen LogP contribution in [0.25, 0.3) is 0 Å². The van der Waals surface area contributed by atoms with Crippen molar-refractivity contribution in [2.45, 2.75) is 26.7 Å². The van der Waals surface area contributed by atoms with Crippen molar-refractivity contribution in [3.05, 3.63) is 12.1 Å². The van der Waals surface area contributed by atoms with Crippen LogP contribution in [-0.2, 0) is 9.59 Å². The molecule has 0 aliphatic rings. The molecular weight excluding hydrogens is 208 g/mol. The molecular formula is C10H14N4O2. The maximum absolute atomic E-state index is 11.0. The number of carbonyl (C=O) groups excluding carboxylic acids is 2.